The van der Waals surface area contributed by atoms with Gasteiger partial charge in [-0.2, -0.15) is 0 Å². The highest BCUT2D eigenvalue weighted by Gasteiger charge is 2.30. The Kier molecular flexibility index (Phi) is 2.75. The van der Waals surface area contributed by atoms with Gasteiger partial charge in [-0.05, 0) is 45.2 Å². The molecule has 3 rings (SSSR count). The van der Waals surface area contributed by atoms with E-state index in [0.29, 0.717) is 16.9 Å². The van der Waals surface area contributed by atoms with Gasteiger partial charge in [-0.25, -0.2) is 0 Å². The van der Waals surface area contributed by atoms with Crippen molar-refractivity contribution in [2.45, 2.75) is 45.6 Å². The van der Waals surface area contributed by atoms with Gasteiger partial charge in [-0.3, -0.25) is 4.79 Å². The summed E-state index contributed by atoms with van der Waals surface area (Å²) in [6.07, 6.45) is 2.24. The molecule has 1 heterocycles. The normalized spacial score (nSPS) is 16.8. The van der Waals surface area contributed by atoms with Crippen LogP contribution in [0.5, 0.6) is 0 Å². The van der Waals surface area contributed by atoms with Gasteiger partial charge in [0.15, 0.2) is 5.43 Å². The molecule has 100 valence electrons. The van der Waals surface area contributed by atoms with E-state index in [1.54, 1.807) is 0 Å². The Labute approximate surface area is 112 Å². The zero-order chi connectivity index (χ0) is 13.7. The van der Waals surface area contributed by atoms with E-state index < -0.39 is 0 Å². The molecule has 3 heteroatoms. The molecule has 2 aromatic rings. The first-order chi connectivity index (χ1) is 8.99. The topological polar surface area (TPSA) is 56.2 Å². The number of hydrogen-bond donors (Lipinski definition) is 1. The predicted molar refractivity (Wildman–Crippen MR) is 76.5 cm³/mol. The smallest absolute Gasteiger partial charge is 0.195 e. The zero-order valence-corrected chi connectivity index (χ0v) is 11.6. The summed E-state index contributed by atoms with van der Waals surface area (Å²) in [4.78, 5) is 12.5. The van der Waals surface area contributed by atoms with Crippen molar-refractivity contribution in [1.82, 2.24) is 0 Å². The number of rotatable bonds is 2. The third-order valence-corrected chi connectivity index (χ3v) is 3.87. The largest absolute Gasteiger partial charge is 0.460 e. The molecule has 1 fully saturated rings. The van der Waals surface area contributed by atoms with E-state index in [1.807, 2.05) is 32.9 Å². The second-order valence-electron chi connectivity index (χ2n) is 5.71. The molecule has 0 aliphatic heterocycles. The molecule has 0 amide bonds. The van der Waals surface area contributed by atoms with Crippen molar-refractivity contribution >= 4 is 11.0 Å². The molecule has 1 aromatic carbocycles. The van der Waals surface area contributed by atoms with Gasteiger partial charge in [0.05, 0.1) is 5.39 Å². The average molecular weight is 257 g/mol. The summed E-state index contributed by atoms with van der Waals surface area (Å²) in [6, 6.07) is 3.78. The maximum absolute atomic E-state index is 12.5. The van der Waals surface area contributed by atoms with Crippen LogP contribution in [0.1, 0.15) is 54.2 Å². The minimum absolute atomic E-state index is 0.0914. The van der Waals surface area contributed by atoms with Gasteiger partial charge in [0.2, 0.25) is 0 Å². The lowest BCUT2D eigenvalue weighted by molar-refractivity contribution is 0.526. The van der Waals surface area contributed by atoms with Gasteiger partial charge in [-0.15, -0.1) is 0 Å². The molecule has 2 N–H and O–H groups in total. The summed E-state index contributed by atoms with van der Waals surface area (Å²) in [5.74, 6) is 1.29. The molecule has 3 nitrogen and oxygen atoms in total. The molecule has 1 atom stereocenters. The fraction of sp³-hybridized carbons (Fsp3) is 0.438. The number of benzene rings is 1. The van der Waals surface area contributed by atoms with Crippen molar-refractivity contribution in [3.63, 3.8) is 0 Å². The molecule has 19 heavy (non-hydrogen) atoms. The highest BCUT2D eigenvalue weighted by molar-refractivity contribution is 5.82. The Morgan fingerprint density at radius 3 is 2.58 bits per heavy atom. The van der Waals surface area contributed by atoms with Gasteiger partial charge in [0, 0.05) is 23.1 Å². The van der Waals surface area contributed by atoms with Crippen molar-refractivity contribution in [1.29, 1.82) is 0 Å². The average Bonchev–Trinajstić information content (AvgIpc) is 3.17. The number of fused-ring (bicyclic) bond motifs is 1. The van der Waals surface area contributed by atoms with Crippen LogP contribution in [0, 0.1) is 13.8 Å². The standard InChI is InChI=1S/C16H19NO2/c1-8-6-12(10(3)17)16-13(7-8)14(18)9(2)15(19-16)11-4-5-11/h6-7,10-11H,4-5,17H2,1-3H3. The van der Waals surface area contributed by atoms with E-state index in [-0.39, 0.29) is 11.5 Å². The maximum Gasteiger partial charge on any atom is 0.195 e. The molecule has 1 unspecified atom stereocenters. The minimum Gasteiger partial charge on any atom is -0.460 e. The van der Waals surface area contributed by atoms with Crippen LogP contribution in [0.2, 0.25) is 0 Å². The lowest BCUT2D eigenvalue weighted by atomic mass is 10.00. The third kappa shape index (κ3) is 1.98. The second-order valence-corrected chi connectivity index (χ2v) is 5.71. The number of aryl methyl sites for hydroxylation is 1. The summed E-state index contributed by atoms with van der Waals surface area (Å²) in [5.41, 5.74) is 9.52. The molecular formula is C16H19NO2. The Morgan fingerprint density at radius 2 is 2.00 bits per heavy atom. The Balaban J connectivity index is 2.41. The van der Waals surface area contributed by atoms with Gasteiger partial charge in [0.25, 0.3) is 0 Å². The zero-order valence-electron chi connectivity index (χ0n) is 11.6. The van der Waals surface area contributed by atoms with Crippen LogP contribution in [-0.4, -0.2) is 0 Å². The molecule has 1 saturated carbocycles. The van der Waals surface area contributed by atoms with Crippen LogP contribution in [-0.2, 0) is 0 Å². The Bertz CT molecular complexity index is 709. The number of nitrogens with two attached hydrogens (primary N) is 1. The Morgan fingerprint density at radius 1 is 1.32 bits per heavy atom. The molecule has 1 aliphatic rings. The summed E-state index contributed by atoms with van der Waals surface area (Å²) in [6.45, 7) is 5.77. The molecule has 0 saturated heterocycles. The first-order valence-electron chi connectivity index (χ1n) is 6.82. The van der Waals surface area contributed by atoms with E-state index in [0.717, 1.165) is 35.3 Å². The van der Waals surface area contributed by atoms with E-state index in [4.69, 9.17) is 10.2 Å². The van der Waals surface area contributed by atoms with Crippen LogP contribution in [0.25, 0.3) is 11.0 Å². The van der Waals surface area contributed by atoms with Crippen LogP contribution in [0.3, 0.4) is 0 Å². The minimum atomic E-state index is -0.139. The van der Waals surface area contributed by atoms with Crippen LogP contribution in [0.15, 0.2) is 21.3 Å². The summed E-state index contributed by atoms with van der Waals surface area (Å²) in [5, 5.41) is 0.661. The summed E-state index contributed by atoms with van der Waals surface area (Å²) in [7, 11) is 0. The fourth-order valence-corrected chi connectivity index (χ4v) is 2.66. The monoisotopic (exact) mass is 257 g/mol. The predicted octanol–water partition coefficient (Wildman–Crippen LogP) is 3.31. The molecular weight excluding hydrogens is 238 g/mol. The van der Waals surface area contributed by atoms with Gasteiger partial charge >= 0.3 is 0 Å². The Hall–Kier alpha value is -1.61. The SMILES string of the molecule is Cc1cc(C(C)N)c2oc(C3CC3)c(C)c(=O)c2c1. The highest BCUT2D eigenvalue weighted by Crippen LogP contribution is 2.42. The van der Waals surface area contributed by atoms with Crippen molar-refractivity contribution in [3.8, 4) is 0 Å². The van der Waals surface area contributed by atoms with Crippen molar-refractivity contribution < 1.29 is 4.42 Å². The van der Waals surface area contributed by atoms with Crippen LogP contribution >= 0.6 is 0 Å². The first kappa shape index (κ1) is 12.4. The van der Waals surface area contributed by atoms with E-state index in [2.05, 4.69) is 0 Å². The lowest BCUT2D eigenvalue weighted by Crippen LogP contribution is -2.12. The van der Waals surface area contributed by atoms with Crippen molar-refractivity contribution in [2.24, 2.45) is 5.73 Å². The second kappa shape index (κ2) is 4.20. The fourth-order valence-electron chi connectivity index (χ4n) is 2.66. The van der Waals surface area contributed by atoms with Crippen molar-refractivity contribution in [3.05, 3.63) is 44.8 Å². The number of hydrogen-bond acceptors (Lipinski definition) is 3. The van der Waals surface area contributed by atoms with E-state index in [1.165, 1.54) is 0 Å². The molecule has 1 aromatic heterocycles. The highest BCUT2D eigenvalue weighted by atomic mass is 16.3. The molecule has 0 radical (unpaired) electrons. The van der Waals surface area contributed by atoms with Gasteiger partial charge in [0.1, 0.15) is 11.3 Å². The van der Waals surface area contributed by atoms with Crippen LogP contribution < -0.4 is 11.2 Å². The summed E-state index contributed by atoms with van der Waals surface area (Å²) >= 11 is 0. The maximum atomic E-state index is 12.5. The summed E-state index contributed by atoms with van der Waals surface area (Å²) < 4.78 is 6.06. The van der Waals surface area contributed by atoms with Crippen molar-refractivity contribution in [2.75, 3.05) is 0 Å². The molecule has 0 spiro atoms. The van der Waals surface area contributed by atoms with Gasteiger partial charge < -0.3 is 10.2 Å². The lowest BCUT2D eigenvalue weighted by Gasteiger charge is -2.13. The van der Waals surface area contributed by atoms with E-state index >= 15 is 0 Å². The molecule has 0 bridgehead atoms. The van der Waals surface area contributed by atoms with Gasteiger partial charge in [-0.1, -0.05) is 6.07 Å². The van der Waals surface area contributed by atoms with Crippen LogP contribution in [0.4, 0.5) is 0 Å². The molecule has 1 aliphatic carbocycles. The van der Waals surface area contributed by atoms with E-state index in [9.17, 15) is 4.79 Å². The third-order valence-electron chi connectivity index (χ3n) is 3.87. The quantitative estimate of drug-likeness (QED) is 0.898. The first-order valence-corrected chi connectivity index (χ1v) is 6.82.